The fraction of sp³-hybridized carbons (Fsp3) is 0.381. The number of aryl methyl sites for hydroxylation is 2. The van der Waals surface area contributed by atoms with E-state index in [0.717, 1.165) is 22.6 Å². The Hall–Kier alpha value is -3.69. The van der Waals surface area contributed by atoms with Crippen molar-refractivity contribution in [3.63, 3.8) is 0 Å². The number of nitro benzene ring substituents is 1. The Kier molecular flexibility index (Phi) is 6.38. The lowest BCUT2D eigenvalue weighted by atomic mass is 10.1. The summed E-state index contributed by atoms with van der Waals surface area (Å²) in [6.45, 7) is 4.43. The van der Waals surface area contributed by atoms with Crippen molar-refractivity contribution in [2.45, 2.75) is 39.8 Å². The molecule has 0 aliphatic rings. The van der Waals surface area contributed by atoms with E-state index in [2.05, 4.69) is 4.98 Å². The molecule has 164 valence electrons. The smallest absolute Gasteiger partial charge is 0.419 e. The summed E-state index contributed by atoms with van der Waals surface area (Å²) in [6.07, 6.45) is 2.36. The van der Waals surface area contributed by atoms with Gasteiger partial charge in [-0.3, -0.25) is 24.5 Å². The highest BCUT2D eigenvalue weighted by Crippen LogP contribution is 2.25. The summed E-state index contributed by atoms with van der Waals surface area (Å²) in [6, 6.07) is 4.01. The molecule has 0 unspecified atom stereocenters. The number of benzene rings is 1. The lowest BCUT2D eigenvalue weighted by Crippen LogP contribution is -2.27. The first-order valence-electron chi connectivity index (χ1n) is 9.73. The molecule has 1 amide bonds. The summed E-state index contributed by atoms with van der Waals surface area (Å²) in [4.78, 5) is 41.0. The summed E-state index contributed by atoms with van der Waals surface area (Å²) in [5.41, 5.74) is 3.05. The molecule has 10 nitrogen and oxygen atoms in total. The maximum Gasteiger partial charge on any atom is 0.419 e. The molecule has 1 aromatic carbocycles. The molecule has 3 rings (SSSR count). The molecule has 3 aromatic rings. The van der Waals surface area contributed by atoms with Gasteiger partial charge in [-0.25, -0.2) is 4.79 Å². The summed E-state index contributed by atoms with van der Waals surface area (Å²) in [7, 11) is 3.31. The Balaban J connectivity index is 1.63. The van der Waals surface area contributed by atoms with Gasteiger partial charge in [-0.05, 0) is 26.3 Å². The number of amides is 1. The van der Waals surface area contributed by atoms with Crippen molar-refractivity contribution in [1.29, 1.82) is 0 Å². The van der Waals surface area contributed by atoms with E-state index in [1.54, 1.807) is 25.3 Å². The monoisotopic (exact) mass is 428 g/mol. The molecule has 0 fully saturated rings. The third kappa shape index (κ3) is 4.57. The molecule has 0 bridgehead atoms. The number of nitrogens with zero attached hydrogens (tertiary/aromatic N) is 4. The first kappa shape index (κ1) is 22.0. The van der Waals surface area contributed by atoms with E-state index in [1.807, 2.05) is 13.8 Å². The molecule has 0 saturated heterocycles. The van der Waals surface area contributed by atoms with Crippen molar-refractivity contribution < 1.29 is 18.9 Å². The minimum atomic E-state index is -0.608. The van der Waals surface area contributed by atoms with Gasteiger partial charge in [-0.2, -0.15) is 0 Å². The van der Waals surface area contributed by atoms with Gasteiger partial charge in [0.15, 0.2) is 5.58 Å². The molecule has 0 N–H and O–H groups in total. The molecule has 2 heterocycles. The van der Waals surface area contributed by atoms with Crippen LogP contribution in [0.25, 0.3) is 11.1 Å². The Bertz CT molecular complexity index is 1200. The number of oxazole rings is 1. The highest BCUT2D eigenvalue weighted by Gasteiger charge is 2.17. The van der Waals surface area contributed by atoms with Gasteiger partial charge in [-0.1, -0.05) is 0 Å². The van der Waals surface area contributed by atoms with Crippen LogP contribution in [-0.4, -0.2) is 39.4 Å². The van der Waals surface area contributed by atoms with E-state index >= 15 is 0 Å². The van der Waals surface area contributed by atoms with Gasteiger partial charge < -0.3 is 14.1 Å². The topological polar surface area (TPSA) is 121 Å². The van der Waals surface area contributed by atoms with Gasteiger partial charge >= 0.3 is 5.76 Å². The molecule has 0 radical (unpaired) electrons. The first-order chi connectivity index (χ1) is 14.7. The number of methoxy groups -OCH3 is 1. The van der Waals surface area contributed by atoms with Crippen LogP contribution in [0.2, 0.25) is 0 Å². The number of fused-ring (bicyclic) bond motifs is 1. The van der Waals surface area contributed by atoms with Crippen LogP contribution in [0.4, 0.5) is 5.69 Å². The third-order valence-corrected chi connectivity index (χ3v) is 5.20. The molecular formula is C21H24N4O6. The molecule has 2 aromatic heterocycles. The SMILES string of the molecule is COc1c(C)cnc(CN(C)C(=O)CCCn2c(=O)oc3cc([N+](=O)[O-])ccc32)c1C. The lowest BCUT2D eigenvalue weighted by molar-refractivity contribution is -0.384. The second kappa shape index (κ2) is 8.99. The molecule has 0 spiro atoms. The number of hydrogen-bond acceptors (Lipinski definition) is 7. The number of carbonyl (C=O) groups excluding carboxylic acids is 1. The molecule has 0 aliphatic carbocycles. The van der Waals surface area contributed by atoms with Crippen LogP contribution in [0, 0.1) is 24.0 Å². The number of non-ortho nitro benzene ring substituents is 1. The standard InChI is InChI=1S/C21H24N4O6/c1-13-11-22-16(14(2)20(13)30-4)12-23(3)19(26)6-5-9-24-17-8-7-15(25(28)29)10-18(17)31-21(24)27/h7-8,10-11H,5-6,9,12H2,1-4H3. The maximum absolute atomic E-state index is 12.6. The molecule has 31 heavy (non-hydrogen) atoms. The number of carbonyl (C=O) groups is 1. The number of pyridine rings is 1. The van der Waals surface area contributed by atoms with Crippen LogP contribution in [0.15, 0.2) is 33.6 Å². The average Bonchev–Trinajstić information content (AvgIpc) is 3.04. The Labute approximate surface area is 178 Å². The number of ether oxygens (including phenoxy) is 1. The van der Waals surface area contributed by atoms with Gasteiger partial charge in [0.05, 0.1) is 35.9 Å². The van der Waals surface area contributed by atoms with Crippen LogP contribution in [0.1, 0.15) is 29.7 Å². The third-order valence-electron chi connectivity index (χ3n) is 5.20. The van der Waals surface area contributed by atoms with Crippen molar-refractivity contribution in [2.75, 3.05) is 14.2 Å². The summed E-state index contributed by atoms with van der Waals surface area (Å²) in [5, 5.41) is 10.9. The van der Waals surface area contributed by atoms with Crippen molar-refractivity contribution in [3.8, 4) is 5.75 Å². The number of hydrogen-bond donors (Lipinski definition) is 0. The first-order valence-corrected chi connectivity index (χ1v) is 9.73. The zero-order valence-electron chi connectivity index (χ0n) is 17.9. The molecule has 0 atom stereocenters. The van der Waals surface area contributed by atoms with Crippen molar-refractivity contribution >= 4 is 22.7 Å². The van der Waals surface area contributed by atoms with Crippen LogP contribution in [0.3, 0.4) is 0 Å². The van der Waals surface area contributed by atoms with E-state index in [4.69, 9.17) is 9.15 Å². The van der Waals surface area contributed by atoms with Gasteiger partial charge in [0.2, 0.25) is 5.91 Å². The number of rotatable bonds is 8. The van der Waals surface area contributed by atoms with E-state index in [-0.39, 0.29) is 30.1 Å². The number of aromatic nitrogens is 2. The quantitative estimate of drug-likeness (QED) is 0.399. The van der Waals surface area contributed by atoms with E-state index < -0.39 is 10.7 Å². The maximum atomic E-state index is 12.6. The molecule has 0 saturated carbocycles. The fourth-order valence-electron chi connectivity index (χ4n) is 3.50. The largest absolute Gasteiger partial charge is 0.496 e. The summed E-state index contributed by atoms with van der Waals surface area (Å²) >= 11 is 0. The Morgan fingerprint density at radius 2 is 2.10 bits per heavy atom. The summed E-state index contributed by atoms with van der Waals surface area (Å²) in [5.74, 6) is 0.0670. The van der Waals surface area contributed by atoms with Gasteiger partial charge in [0.25, 0.3) is 5.69 Å². The van der Waals surface area contributed by atoms with E-state index in [0.29, 0.717) is 18.5 Å². The van der Waals surface area contributed by atoms with Gasteiger partial charge in [-0.15, -0.1) is 0 Å². The Morgan fingerprint density at radius 3 is 2.77 bits per heavy atom. The lowest BCUT2D eigenvalue weighted by Gasteiger charge is -2.19. The normalized spacial score (nSPS) is 11.0. The molecule has 0 aliphatic heterocycles. The number of nitro groups is 1. The minimum absolute atomic E-state index is 0.0859. The second-order valence-corrected chi connectivity index (χ2v) is 7.33. The van der Waals surface area contributed by atoms with Crippen molar-refractivity contribution in [2.24, 2.45) is 0 Å². The van der Waals surface area contributed by atoms with Crippen LogP contribution >= 0.6 is 0 Å². The fourth-order valence-corrected chi connectivity index (χ4v) is 3.50. The van der Waals surface area contributed by atoms with Gasteiger partial charge in [0.1, 0.15) is 5.75 Å². The van der Waals surface area contributed by atoms with E-state index in [1.165, 1.54) is 22.8 Å². The van der Waals surface area contributed by atoms with Gasteiger partial charge in [0, 0.05) is 43.4 Å². The minimum Gasteiger partial charge on any atom is -0.496 e. The molecule has 10 heteroatoms. The highest BCUT2D eigenvalue weighted by molar-refractivity contribution is 5.76. The Morgan fingerprint density at radius 1 is 1.35 bits per heavy atom. The average molecular weight is 428 g/mol. The van der Waals surface area contributed by atoms with Crippen molar-refractivity contribution in [1.82, 2.24) is 14.5 Å². The zero-order valence-corrected chi connectivity index (χ0v) is 17.9. The highest BCUT2D eigenvalue weighted by atomic mass is 16.6. The molecular weight excluding hydrogens is 404 g/mol. The van der Waals surface area contributed by atoms with Crippen molar-refractivity contribution in [3.05, 3.63) is 61.9 Å². The predicted octanol–water partition coefficient (Wildman–Crippen LogP) is 2.96. The zero-order chi connectivity index (χ0) is 22.7. The van der Waals surface area contributed by atoms with Crippen LogP contribution in [-0.2, 0) is 17.9 Å². The van der Waals surface area contributed by atoms with Crippen LogP contribution in [0.5, 0.6) is 5.75 Å². The van der Waals surface area contributed by atoms with E-state index in [9.17, 15) is 19.7 Å². The summed E-state index contributed by atoms with van der Waals surface area (Å²) < 4.78 is 11.9. The predicted molar refractivity (Wildman–Crippen MR) is 113 cm³/mol. The second-order valence-electron chi connectivity index (χ2n) is 7.33. The van der Waals surface area contributed by atoms with Crippen LogP contribution < -0.4 is 10.5 Å².